The molecule has 0 aliphatic carbocycles. The van der Waals surface area contributed by atoms with Crippen molar-refractivity contribution in [1.82, 2.24) is 10.2 Å². The van der Waals surface area contributed by atoms with E-state index in [1.807, 2.05) is 0 Å². The zero-order valence-corrected chi connectivity index (χ0v) is 9.37. The standard InChI is InChI=1S/C8H21N3.ClH/c1-8(2,11(3)4)7-10-6-5-9;/h10H,5-7,9H2,1-4H3;1H. The van der Waals surface area contributed by atoms with Crippen molar-refractivity contribution in [3.8, 4) is 0 Å². The molecule has 3 nitrogen and oxygen atoms in total. The Morgan fingerprint density at radius 3 is 2.17 bits per heavy atom. The Labute approximate surface area is 82.1 Å². The predicted octanol–water partition coefficient (Wildman–Crippen LogP) is 0.297. The third kappa shape index (κ3) is 5.77. The van der Waals surface area contributed by atoms with E-state index in [0.29, 0.717) is 6.54 Å². The lowest BCUT2D eigenvalue weighted by atomic mass is 10.0. The van der Waals surface area contributed by atoms with Gasteiger partial charge < -0.3 is 16.0 Å². The van der Waals surface area contributed by atoms with E-state index in [0.717, 1.165) is 13.1 Å². The van der Waals surface area contributed by atoms with Crippen molar-refractivity contribution in [2.24, 2.45) is 5.73 Å². The number of halogens is 1. The summed E-state index contributed by atoms with van der Waals surface area (Å²) in [5, 5.41) is 3.29. The van der Waals surface area contributed by atoms with Crippen LogP contribution in [0.4, 0.5) is 0 Å². The van der Waals surface area contributed by atoms with Crippen LogP contribution < -0.4 is 11.1 Å². The van der Waals surface area contributed by atoms with Crippen LogP contribution in [0.15, 0.2) is 0 Å². The van der Waals surface area contributed by atoms with Crippen LogP contribution in [0.1, 0.15) is 13.8 Å². The van der Waals surface area contributed by atoms with E-state index in [9.17, 15) is 0 Å². The second-order valence-electron chi connectivity index (χ2n) is 3.67. The van der Waals surface area contributed by atoms with Gasteiger partial charge in [0.2, 0.25) is 0 Å². The maximum Gasteiger partial charge on any atom is 0.0271 e. The number of hydrogen-bond donors (Lipinski definition) is 2. The molecule has 0 atom stereocenters. The smallest absolute Gasteiger partial charge is 0.0271 e. The molecule has 12 heavy (non-hydrogen) atoms. The summed E-state index contributed by atoms with van der Waals surface area (Å²) in [6.07, 6.45) is 0. The molecule has 0 heterocycles. The van der Waals surface area contributed by atoms with E-state index >= 15 is 0 Å². The van der Waals surface area contributed by atoms with E-state index in [1.54, 1.807) is 0 Å². The molecule has 0 amide bonds. The molecule has 0 saturated carbocycles. The van der Waals surface area contributed by atoms with Crippen LogP contribution >= 0.6 is 12.4 Å². The average Bonchev–Trinajstić information content (AvgIpc) is 1.88. The van der Waals surface area contributed by atoms with Gasteiger partial charge in [-0.25, -0.2) is 0 Å². The van der Waals surface area contributed by atoms with Gasteiger partial charge in [-0.15, -0.1) is 12.4 Å². The first-order chi connectivity index (χ1) is 5.00. The van der Waals surface area contributed by atoms with Crippen LogP contribution in [0.25, 0.3) is 0 Å². The Bertz CT molecular complexity index is 104. The molecule has 0 rings (SSSR count). The van der Waals surface area contributed by atoms with Crippen LogP contribution in [-0.2, 0) is 0 Å². The SMILES string of the molecule is CN(C)C(C)(C)CNCCN.Cl. The number of hydrogen-bond acceptors (Lipinski definition) is 3. The highest BCUT2D eigenvalue weighted by molar-refractivity contribution is 5.85. The minimum Gasteiger partial charge on any atom is -0.329 e. The van der Waals surface area contributed by atoms with Crippen LogP contribution in [0.3, 0.4) is 0 Å². The van der Waals surface area contributed by atoms with Gasteiger partial charge in [0.15, 0.2) is 0 Å². The third-order valence-electron chi connectivity index (χ3n) is 2.09. The topological polar surface area (TPSA) is 41.3 Å². The molecule has 0 aliphatic heterocycles. The highest BCUT2D eigenvalue weighted by Crippen LogP contribution is 2.06. The Balaban J connectivity index is 0. The second kappa shape index (κ2) is 6.66. The van der Waals surface area contributed by atoms with Gasteiger partial charge in [-0.2, -0.15) is 0 Å². The van der Waals surface area contributed by atoms with Gasteiger partial charge in [-0.3, -0.25) is 0 Å². The molecule has 0 aromatic rings. The summed E-state index contributed by atoms with van der Waals surface area (Å²) >= 11 is 0. The quantitative estimate of drug-likeness (QED) is 0.620. The maximum absolute atomic E-state index is 5.36. The third-order valence-corrected chi connectivity index (χ3v) is 2.09. The monoisotopic (exact) mass is 195 g/mol. The zero-order valence-electron chi connectivity index (χ0n) is 8.55. The van der Waals surface area contributed by atoms with Gasteiger partial charge >= 0.3 is 0 Å². The highest BCUT2D eigenvalue weighted by atomic mass is 35.5. The van der Waals surface area contributed by atoms with Crippen molar-refractivity contribution >= 4 is 12.4 Å². The molecular formula is C8H22ClN3. The highest BCUT2D eigenvalue weighted by Gasteiger charge is 2.18. The van der Waals surface area contributed by atoms with E-state index in [4.69, 9.17) is 5.73 Å². The summed E-state index contributed by atoms with van der Waals surface area (Å²) in [6.45, 7) is 7.00. The average molecular weight is 196 g/mol. The summed E-state index contributed by atoms with van der Waals surface area (Å²) in [7, 11) is 4.17. The van der Waals surface area contributed by atoms with E-state index in [1.165, 1.54) is 0 Å². The van der Waals surface area contributed by atoms with Crippen molar-refractivity contribution < 1.29 is 0 Å². The summed E-state index contributed by atoms with van der Waals surface area (Å²) in [5.41, 5.74) is 5.58. The fourth-order valence-electron chi connectivity index (χ4n) is 0.654. The Hall–Kier alpha value is 0.170. The fraction of sp³-hybridized carbons (Fsp3) is 1.00. The lowest BCUT2D eigenvalue weighted by molar-refractivity contribution is 0.191. The molecule has 0 aromatic carbocycles. The number of rotatable bonds is 5. The molecule has 0 radical (unpaired) electrons. The molecule has 0 aromatic heterocycles. The molecule has 0 bridgehead atoms. The Kier molecular flexibility index (Phi) is 8.15. The molecule has 0 fully saturated rings. The molecule has 0 saturated heterocycles. The first kappa shape index (κ1) is 14.7. The van der Waals surface area contributed by atoms with E-state index < -0.39 is 0 Å². The molecular weight excluding hydrogens is 174 g/mol. The van der Waals surface area contributed by atoms with Crippen LogP contribution in [0.5, 0.6) is 0 Å². The molecule has 76 valence electrons. The second-order valence-corrected chi connectivity index (χ2v) is 3.67. The van der Waals surface area contributed by atoms with Crippen LogP contribution in [-0.4, -0.2) is 44.2 Å². The predicted molar refractivity (Wildman–Crippen MR) is 56.9 cm³/mol. The maximum atomic E-state index is 5.36. The lowest BCUT2D eigenvalue weighted by Gasteiger charge is -2.32. The van der Waals surface area contributed by atoms with Crippen LogP contribution in [0, 0.1) is 0 Å². The normalized spacial score (nSPS) is 11.5. The van der Waals surface area contributed by atoms with Crippen molar-refractivity contribution in [3.63, 3.8) is 0 Å². The van der Waals surface area contributed by atoms with Gasteiger partial charge in [-0.1, -0.05) is 0 Å². The lowest BCUT2D eigenvalue weighted by Crippen LogP contribution is -2.47. The van der Waals surface area contributed by atoms with Crippen molar-refractivity contribution in [1.29, 1.82) is 0 Å². The van der Waals surface area contributed by atoms with Crippen molar-refractivity contribution in [2.75, 3.05) is 33.7 Å². The summed E-state index contributed by atoms with van der Waals surface area (Å²) in [6, 6.07) is 0. The molecule has 0 aliphatic rings. The molecule has 0 spiro atoms. The summed E-state index contributed by atoms with van der Waals surface area (Å²) in [5.74, 6) is 0. The van der Waals surface area contributed by atoms with Crippen LogP contribution in [0.2, 0.25) is 0 Å². The minimum absolute atomic E-state index is 0. The first-order valence-corrected chi connectivity index (χ1v) is 4.09. The van der Waals surface area contributed by atoms with Gasteiger partial charge in [-0.05, 0) is 27.9 Å². The molecule has 3 N–H and O–H groups in total. The van der Waals surface area contributed by atoms with Crippen molar-refractivity contribution in [3.05, 3.63) is 0 Å². The summed E-state index contributed by atoms with van der Waals surface area (Å²) < 4.78 is 0. The Morgan fingerprint density at radius 2 is 1.83 bits per heavy atom. The number of nitrogens with zero attached hydrogens (tertiary/aromatic N) is 1. The zero-order chi connectivity index (χ0) is 8.91. The summed E-state index contributed by atoms with van der Waals surface area (Å²) in [4.78, 5) is 2.20. The van der Waals surface area contributed by atoms with Gasteiger partial charge in [0.1, 0.15) is 0 Å². The van der Waals surface area contributed by atoms with E-state index in [2.05, 4.69) is 38.2 Å². The van der Waals surface area contributed by atoms with Gasteiger partial charge in [0.25, 0.3) is 0 Å². The fourth-order valence-corrected chi connectivity index (χ4v) is 0.654. The number of likely N-dealkylation sites (N-methyl/N-ethyl adjacent to an activating group) is 1. The largest absolute Gasteiger partial charge is 0.329 e. The minimum atomic E-state index is 0. The van der Waals surface area contributed by atoms with E-state index in [-0.39, 0.29) is 17.9 Å². The van der Waals surface area contributed by atoms with Gasteiger partial charge in [0, 0.05) is 25.2 Å². The number of nitrogens with two attached hydrogens (primary N) is 1. The molecule has 4 heteroatoms. The molecule has 0 unspecified atom stereocenters. The Morgan fingerprint density at radius 1 is 1.33 bits per heavy atom. The number of nitrogens with one attached hydrogen (secondary N) is 1. The first-order valence-electron chi connectivity index (χ1n) is 4.09. The van der Waals surface area contributed by atoms with Crippen molar-refractivity contribution in [2.45, 2.75) is 19.4 Å². The van der Waals surface area contributed by atoms with Gasteiger partial charge in [0.05, 0.1) is 0 Å².